The summed E-state index contributed by atoms with van der Waals surface area (Å²) >= 11 is 0. The van der Waals surface area contributed by atoms with Gasteiger partial charge in [0.1, 0.15) is 5.75 Å². The molecule has 1 amide bonds. The van der Waals surface area contributed by atoms with E-state index in [9.17, 15) is 19.8 Å². The maximum Gasteiger partial charge on any atom is 0.303 e. The van der Waals surface area contributed by atoms with Crippen molar-refractivity contribution in [2.75, 3.05) is 7.11 Å². The Kier molecular flexibility index (Phi) is 6.44. The van der Waals surface area contributed by atoms with Gasteiger partial charge in [-0.1, -0.05) is 6.07 Å². The second-order valence-electron chi connectivity index (χ2n) is 8.18. The number of ether oxygens (including phenoxy) is 2. The second kappa shape index (κ2) is 9.47. The van der Waals surface area contributed by atoms with Gasteiger partial charge < -0.3 is 30.0 Å². The largest absolute Gasteiger partial charge is 0.496 e. The van der Waals surface area contributed by atoms with Gasteiger partial charge in [0.15, 0.2) is 0 Å². The molecule has 1 aromatic heterocycles. The van der Waals surface area contributed by atoms with E-state index in [2.05, 4.69) is 4.98 Å². The topological polar surface area (TPSA) is 137 Å². The molecule has 0 saturated carbocycles. The molecule has 1 aliphatic rings. The summed E-state index contributed by atoms with van der Waals surface area (Å²) in [6, 6.07) is 10.5. The first-order valence-corrected chi connectivity index (χ1v) is 10.8. The molecule has 9 nitrogen and oxygen atoms in total. The summed E-state index contributed by atoms with van der Waals surface area (Å²) in [5, 5.41) is 20.6. The van der Waals surface area contributed by atoms with Crippen LogP contribution in [-0.4, -0.2) is 44.5 Å². The predicted octanol–water partition coefficient (Wildman–Crippen LogP) is 3.30. The van der Waals surface area contributed by atoms with Gasteiger partial charge in [0.25, 0.3) is 0 Å². The van der Waals surface area contributed by atoms with Gasteiger partial charge in [-0.25, -0.2) is 4.98 Å². The number of rotatable bonds is 8. The van der Waals surface area contributed by atoms with E-state index in [4.69, 9.17) is 15.2 Å². The monoisotopic (exact) mass is 475 g/mol. The number of aliphatic hydroxyl groups is 1. The molecular formula is C26H25N3O6. The van der Waals surface area contributed by atoms with Gasteiger partial charge in [0, 0.05) is 47.2 Å². The van der Waals surface area contributed by atoms with E-state index in [0.717, 1.165) is 5.69 Å². The number of allylic oxidation sites excluding steroid dienone is 2. The molecule has 1 atom stereocenters. The third-order valence-corrected chi connectivity index (χ3v) is 5.88. The number of amides is 1. The first kappa shape index (κ1) is 23.8. The van der Waals surface area contributed by atoms with Crippen molar-refractivity contribution in [3.63, 3.8) is 0 Å². The van der Waals surface area contributed by atoms with Crippen molar-refractivity contribution in [3.05, 3.63) is 89.7 Å². The van der Waals surface area contributed by atoms with Gasteiger partial charge in [0.05, 0.1) is 31.8 Å². The minimum absolute atomic E-state index is 0.175. The van der Waals surface area contributed by atoms with Crippen LogP contribution in [0, 0.1) is 6.92 Å². The minimum atomic E-state index is -1.88. The Morgan fingerprint density at radius 3 is 2.60 bits per heavy atom. The molecule has 2 heterocycles. The number of hydrogen-bond acceptors (Lipinski definition) is 6. The SMILES string of the molecule is COc1cc(-n2ccnc2)ccc1C1=COC(O)(CCC(=O)O)C(c2ccc(C(N)=O)cc2C)=C1. The minimum Gasteiger partial charge on any atom is -0.496 e. The van der Waals surface area contributed by atoms with Gasteiger partial charge >= 0.3 is 5.97 Å². The molecule has 1 unspecified atom stereocenters. The number of nitrogens with two attached hydrogens (primary N) is 1. The molecule has 0 saturated heterocycles. The van der Waals surface area contributed by atoms with Crippen molar-refractivity contribution in [2.24, 2.45) is 5.73 Å². The predicted molar refractivity (Wildman–Crippen MR) is 129 cm³/mol. The fraction of sp³-hybridized carbons (Fsp3) is 0.192. The van der Waals surface area contributed by atoms with Crippen molar-refractivity contribution < 1.29 is 29.3 Å². The van der Waals surface area contributed by atoms with Crippen molar-refractivity contribution >= 4 is 23.0 Å². The molecule has 0 radical (unpaired) electrons. The molecule has 4 rings (SSSR count). The maximum absolute atomic E-state index is 11.6. The number of carbonyl (C=O) groups is 2. The lowest BCUT2D eigenvalue weighted by Crippen LogP contribution is -2.35. The van der Waals surface area contributed by atoms with E-state index in [1.54, 1.807) is 50.8 Å². The summed E-state index contributed by atoms with van der Waals surface area (Å²) in [5.74, 6) is -2.95. The highest BCUT2D eigenvalue weighted by atomic mass is 16.6. The number of aryl methyl sites for hydroxylation is 1. The van der Waals surface area contributed by atoms with Crippen LogP contribution in [0.1, 0.15) is 39.9 Å². The van der Waals surface area contributed by atoms with Crippen molar-refractivity contribution in [2.45, 2.75) is 25.6 Å². The van der Waals surface area contributed by atoms with Crippen LogP contribution in [0.3, 0.4) is 0 Å². The average Bonchev–Trinajstić information content (AvgIpc) is 3.38. The zero-order chi connectivity index (χ0) is 25.2. The molecular weight excluding hydrogens is 450 g/mol. The van der Waals surface area contributed by atoms with E-state index in [1.807, 2.05) is 29.0 Å². The number of aliphatic carboxylic acids is 1. The number of aromatic nitrogens is 2. The summed E-state index contributed by atoms with van der Waals surface area (Å²) in [4.78, 5) is 26.9. The molecule has 0 spiro atoms. The molecule has 3 aromatic rings. The zero-order valence-electron chi connectivity index (χ0n) is 19.3. The molecule has 4 N–H and O–H groups in total. The molecule has 180 valence electrons. The fourth-order valence-electron chi connectivity index (χ4n) is 4.04. The van der Waals surface area contributed by atoms with Crippen molar-refractivity contribution in [3.8, 4) is 11.4 Å². The highest BCUT2D eigenvalue weighted by molar-refractivity contribution is 5.95. The number of methoxy groups -OCH3 is 1. The highest BCUT2D eigenvalue weighted by Crippen LogP contribution is 2.42. The van der Waals surface area contributed by atoms with E-state index < -0.39 is 17.7 Å². The summed E-state index contributed by atoms with van der Waals surface area (Å²) in [6.07, 6.45) is 7.83. The Morgan fingerprint density at radius 1 is 1.20 bits per heavy atom. The normalized spacial score (nSPS) is 17.2. The van der Waals surface area contributed by atoms with Crippen molar-refractivity contribution in [1.82, 2.24) is 9.55 Å². The number of nitrogens with zero attached hydrogens (tertiary/aromatic N) is 2. The molecule has 9 heteroatoms. The third-order valence-electron chi connectivity index (χ3n) is 5.88. The first-order valence-electron chi connectivity index (χ1n) is 10.8. The van der Waals surface area contributed by atoms with Crippen LogP contribution in [0.4, 0.5) is 0 Å². The van der Waals surface area contributed by atoms with E-state index in [1.165, 1.54) is 6.26 Å². The smallest absolute Gasteiger partial charge is 0.303 e. The molecule has 2 aromatic carbocycles. The number of carboxylic acid groups (broad SMARTS) is 1. The quantitative estimate of drug-likeness (QED) is 0.455. The van der Waals surface area contributed by atoms with Crippen LogP contribution < -0.4 is 10.5 Å². The Morgan fingerprint density at radius 2 is 1.97 bits per heavy atom. The Balaban J connectivity index is 1.80. The molecule has 1 aliphatic heterocycles. The van der Waals surface area contributed by atoms with Crippen LogP contribution in [0.15, 0.2) is 67.5 Å². The highest BCUT2D eigenvalue weighted by Gasteiger charge is 2.38. The lowest BCUT2D eigenvalue weighted by atomic mass is 9.86. The molecule has 0 fully saturated rings. The van der Waals surface area contributed by atoms with Crippen LogP contribution in [0.25, 0.3) is 16.8 Å². The van der Waals surface area contributed by atoms with Gasteiger partial charge in [-0.3, -0.25) is 9.59 Å². The summed E-state index contributed by atoms with van der Waals surface area (Å²) in [6.45, 7) is 1.78. The van der Waals surface area contributed by atoms with Gasteiger partial charge in [-0.15, -0.1) is 0 Å². The molecule has 0 bridgehead atoms. The number of carboxylic acids is 1. The fourth-order valence-corrected chi connectivity index (χ4v) is 4.04. The van der Waals surface area contributed by atoms with Crippen LogP contribution in [0.2, 0.25) is 0 Å². The summed E-state index contributed by atoms with van der Waals surface area (Å²) < 4.78 is 13.2. The van der Waals surface area contributed by atoms with Crippen LogP contribution in [-0.2, 0) is 9.53 Å². The van der Waals surface area contributed by atoms with Gasteiger partial charge in [-0.05, 0) is 48.4 Å². The van der Waals surface area contributed by atoms with Gasteiger partial charge in [-0.2, -0.15) is 0 Å². The number of primary amides is 1. The van der Waals surface area contributed by atoms with E-state index >= 15 is 0 Å². The van der Waals surface area contributed by atoms with E-state index in [-0.39, 0.29) is 12.8 Å². The lowest BCUT2D eigenvalue weighted by Gasteiger charge is -2.34. The number of hydrogen-bond donors (Lipinski definition) is 3. The maximum atomic E-state index is 11.6. The summed E-state index contributed by atoms with van der Waals surface area (Å²) in [5.41, 5.74) is 9.54. The Bertz CT molecular complexity index is 1340. The molecule has 35 heavy (non-hydrogen) atoms. The third kappa shape index (κ3) is 4.80. The van der Waals surface area contributed by atoms with Gasteiger partial charge in [0.2, 0.25) is 11.7 Å². The second-order valence-corrected chi connectivity index (χ2v) is 8.18. The number of imidazole rings is 1. The molecule has 0 aliphatic carbocycles. The first-order chi connectivity index (χ1) is 16.7. The van der Waals surface area contributed by atoms with Crippen molar-refractivity contribution in [1.29, 1.82) is 0 Å². The number of carbonyl (C=O) groups excluding carboxylic acids is 1. The zero-order valence-corrected chi connectivity index (χ0v) is 19.3. The van der Waals surface area contributed by atoms with Crippen LogP contribution >= 0.6 is 0 Å². The average molecular weight is 476 g/mol. The van der Waals surface area contributed by atoms with Crippen LogP contribution in [0.5, 0.6) is 5.75 Å². The van der Waals surface area contributed by atoms with E-state index in [0.29, 0.717) is 39.1 Å². The number of benzene rings is 2. The lowest BCUT2D eigenvalue weighted by molar-refractivity contribution is -0.147. The summed E-state index contributed by atoms with van der Waals surface area (Å²) in [7, 11) is 1.56. The Hall–Kier alpha value is -4.37. The standard InChI is InChI=1S/C26H25N3O6/c1-16-11-17(25(27)32)3-5-20(16)22-12-18(14-35-26(22,33)8-7-24(30)31)21-6-4-19(13-23(21)34-2)29-10-9-28-15-29/h3-6,9-15,33H,7-8H2,1-2H3,(H2,27,32)(H,30,31). The Labute approximate surface area is 201 Å².